The zero-order valence-electron chi connectivity index (χ0n) is 18.0. The third-order valence-electron chi connectivity index (χ3n) is 5.89. The van der Waals surface area contributed by atoms with Crippen molar-refractivity contribution in [3.63, 3.8) is 0 Å². The Labute approximate surface area is 197 Å². The third-order valence-corrected chi connectivity index (χ3v) is 6.42. The molecule has 2 aromatic rings. The lowest BCUT2D eigenvalue weighted by Gasteiger charge is -2.30. The van der Waals surface area contributed by atoms with Gasteiger partial charge < -0.3 is 9.84 Å². The number of carbonyl (C=O) groups is 1. The van der Waals surface area contributed by atoms with Crippen LogP contribution in [0.1, 0.15) is 31.4 Å². The highest BCUT2D eigenvalue weighted by Gasteiger charge is 2.40. The van der Waals surface area contributed by atoms with E-state index in [1.165, 1.54) is 0 Å². The summed E-state index contributed by atoms with van der Waals surface area (Å²) in [5.74, 6) is 0.251. The van der Waals surface area contributed by atoms with E-state index >= 15 is 0 Å². The summed E-state index contributed by atoms with van der Waals surface area (Å²) in [4.78, 5) is 13.2. The minimum Gasteiger partial charge on any atom is -0.497 e. The number of aliphatic hydroxyl groups is 1. The smallest absolute Gasteiger partial charge is 0.282 e. The molecule has 4 rings (SSSR count). The first-order valence-electron chi connectivity index (χ1n) is 10.6. The number of ether oxygens (including phenoxy) is 1. The van der Waals surface area contributed by atoms with Gasteiger partial charge in [-0.3, -0.25) is 15.2 Å². The number of piperidine rings is 1. The SMILES string of the molecule is COc1ccc(C2C(C)C(C(=O)NN3CCCC(O)C3)=NN2c2ccc(Cl)cc2Cl)cc1. The summed E-state index contributed by atoms with van der Waals surface area (Å²) in [6, 6.07) is 12.7. The molecule has 3 unspecified atom stereocenters. The topological polar surface area (TPSA) is 77.4 Å². The van der Waals surface area contributed by atoms with Crippen molar-refractivity contribution in [1.82, 2.24) is 10.4 Å². The molecule has 2 aromatic carbocycles. The molecule has 170 valence electrons. The van der Waals surface area contributed by atoms with Gasteiger partial charge in [0.2, 0.25) is 0 Å². The van der Waals surface area contributed by atoms with Crippen LogP contribution in [0, 0.1) is 5.92 Å². The summed E-state index contributed by atoms with van der Waals surface area (Å²) in [5.41, 5.74) is 4.95. The molecular formula is C23H26Cl2N4O3. The summed E-state index contributed by atoms with van der Waals surface area (Å²) in [6.45, 7) is 3.07. The van der Waals surface area contributed by atoms with E-state index in [1.54, 1.807) is 35.3 Å². The number of hydrogen-bond acceptors (Lipinski definition) is 6. The molecule has 0 saturated carbocycles. The Morgan fingerprint density at radius 1 is 1.22 bits per heavy atom. The Morgan fingerprint density at radius 3 is 2.62 bits per heavy atom. The van der Waals surface area contributed by atoms with Gasteiger partial charge in [0.15, 0.2) is 0 Å². The number of carbonyl (C=O) groups excluding carboxylic acids is 1. The lowest BCUT2D eigenvalue weighted by molar-refractivity contribution is -0.120. The highest BCUT2D eigenvalue weighted by molar-refractivity contribution is 6.41. The zero-order chi connectivity index (χ0) is 22.8. The number of rotatable bonds is 5. The standard InChI is InChI=1S/C23H26Cl2N4O3/c1-14-21(23(31)27-28-11-3-4-17(30)13-28)26-29(20-10-7-16(24)12-19(20)25)22(14)15-5-8-18(32-2)9-6-15/h5-10,12,14,17,22,30H,3-4,11,13H2,1-2H3,(H,27,31). The van der Waals surface area contributed by atoms with E-state index in [1.807, 2.05) is 31.2 Å². The minimum atomic E-state index is -0.441. The molecule has 1 saturated heterocycles. The summed E-state index contributed by atoms with van der Waals surface area (Å²) in [7, 11) is 1.62. The van der Waals surface area contributed by atoms with Crippen molar-refractivity contribution >= 4 is 40.5 Å². The van der Waals surface area contributed by atoms with E-state index < -0.39 is 6.10 Å². The third kappa shape index (κ3) is 4.71. The highest BCUT2D eigenvalue weighted by Crippen LogP contribution is 2.42. The van der Waals surface area contributed by atoms with Crippen LogP contribution in [0.25, 0.3) is 0 Å². The van der Waals surface area contributed by atoms with Gasteiger partial charge >= 0.3 is 0 Å². The van der Waals surface area contributed by atoms with Gasteiger partial charge in [-0.15, -0.1) is 0 Å². The number of hydrazine groups is 1. The fourth-order valence-corrected chi connectivity index (χ4v) is 4.74. The number of anilines is 1. The average Bonchev–Trinajstić information content (AvgIpc) is 3.10. The number of nitrogens with zero attached hydrogens (tertiary/aromatic N) is 3. The second-order valence-corrected chi connectivity index (χ2v) is 8.96. The second-order valence-electron chi connectivity index (χ2n) is 8.12. The number of methoxy groups -OCH3 is 1. The fourth-order valence-electron chi connectivity index (χ4n) is 4.24. The van der Waals surface area contributed by atoms with Crippen LogP contribution < -0.4 is 15.2 Å². The van der Waals surface area contributed by atoms with E-state index in [-0.39, 0.29) is 17.9 Å². The van der Waals surface area contributed by atoms with Crippen molar-refractivity contribution in [3.8, 4) is 5.75 Å². The number of halogens is 2. The predicted molar refractivity (Wildman–Crippen MR) is 126 cm³/mol. The van der Waals surface area contributed by atoms with Crippen molar-refractivity contribution in [3.05, 3.63) is 58.1 Å². The molecule has 0 spiro atoms. The molecule has 1 amide bonds. The maximum Gasteiger partial charge on any atom is 0.282 e. The van der Waals surface area contributed by atoms with E-state index in [2.05, 4.69) is 5.43 Å². The minimum absolute atomic E-state index is 0.218. The van der Waals surface area contributed by atoms with Crippen molar-refractivity contribution in [2.24, 2.45) is 11.0 Å². The summed E-state index contributed by atoms with van der Waals surface area (Å²) < 4.78 is 5.29. The molecule has 0 aliphatic carbocycles. The van der Waals surface area contributed by atoms with Gasteiger partial charge in [-0.2, -0.15) is 5.10 Å². The number of aliphatic hydroxyl groups excluding tert-OH is 1. The average molecular weight is 477 g/mol. The number of hydrogen-bond donors (Lipinski definition) is 2. The normalized spacial score (nSPS) is 23.7. The zero-order valence-corrected chi connectivity index (χ0v) is 19.5. The molecule has 2 heterocycles. The Bertz CT molecular complexity index is 1010. The van der Waals surface area contributed by atoms with Crippen LogP contribution in [-0.2, 0) is 4.79 Å². The Hall–Kier alpha value is -2.32. The quantitative estimate of drug-likeness (QED) is 0.680. The molecule has 3 atom stereocenters. The Morgan fingerprint density at radius 2 is 1.97 bits per heavy atom. The van der Waals surface area contributed by atoms with Crippen LogP contribution in [-0.4, -0.2) is 48.0 Å². The molecule has 2 aliphatic heterocycles. The molecule has 0 aromatic heterocycles. The van der Waals surface area contributed by atoms with E-state index in [9.17, 15) is 9.90 Å². The lowest BCUT2D eigenvalue weighted by Crippen LogP contribution is -2.51. The number of benzene rings is 2. The van der Waals surface area contributed by atoms with Crippen LogP contribution in [0.15, 0.2) is 47.6 Å². The van der Waals surface area contributed by atoms with E-state index in [0.29, 0.717) is 34.5 Å². The van der Waals surface area contributed by atoms with Crippen LogP contribution in [0.2, 0.25) is 10.0 Å². The molecular weight excluding hydrogens is 451 g/mol. The predicted octanol–water partition coefficient (Wildman–Crippen LogP) is 4.04. The van der Waals surface area contributed by atoms with Gasteiger partial charge in [0.05, 0.1) is 30.0 Å². The number of β-amino-alcohol motifs (C(OH)–C–C–N with tert-alkyl or cyclic N) is 1. The molecule has 0 radical (unpaired) electrons. The Kier molecular flexibility index (Phi) is 6.90. The van der Waals surface area contributed by atoms with Gasteiger partial charge in [0.1, 0.15) is 11.5 Å². The number of amides is 1. The molecule has 1 fully saturated rings. The van der Waals surface area contributed by atoms with Gasteiger partial charge in [-0.05, 0) is 48.7 Å². The van der Waals surface area contributed by atoms with Crippen molar-refractivity contribution in [2.75, 3.05) is 25.2 Å². The van der Waals surface area contributed by atoms with Crippen LogP contribution in [0.5, 0.6) is 5.75 Å². The van der Waals surface area contributed by atoms with E-state index in [4.69, 9.17) is 33.0 Å². The molecule has 9 heteroatoms. The second kappa shape index (κ2) is 9.67. The van der Waals surface area contributed by atoms with Gasteiger partial charge in [0, 0.05) is 24.0 Å². The monoisotopic (exact) mass is 476 g/mol. The summed E-state index contributed by atoms with van der Waals surface area (Å²) >= 11 is 12.6. The van der Waals surface area contributed by atoms with Crippen LogP contribution in [0.4, 0.5) is 5.69 Å². The Balaban J connectivity index is 1.66. The first-order valence-corrected chi connectivity index (χ1v) is 11.3. The highest BCUT2D eigenvalue weighted by atomic mass is 35.5. The van der Waals surface area contributed by atoms with Crippen LogP contribution >= 0.6 is 23.2 Å². The summed E-state index contributed by atoms with van der Waals surface area (Å²) in [6.07, 6.45) is 1.12. The van der Waals surface area contributed by atoms with Crippen molar-refractivity contribution in [2.45, 2.75) is 31.9 Å². The fraction of sp³-hybridized carbons (Fsp3) is 0.391. The molecule has 7 nitrogen and oxygen atoms in total. The first-order chi connectivity index (χ1) is 15.4. The molecule has 2 N–H and O–H groups in total. The molecule has 2 aliphatic rings. The molecule has 32 heavy (non-hydrogen) atoms. The van der Waals surface area contributed by atoms with Gasteiger partial charge in [-0.1, -0.05) is 42.3 Å². The van der Waals surface area contributed by atoms with Crippen molar-refractivity contribution < 1.29 is 14.6 Å². The van der Waals surface area contributed by atoms with Crippen molar-refractivity contribution in [1.29, 1.82) is 0 Å². The number of hydrazone groups is 1. The maximum absolute atomic E-state index is 13.2. The maximum atomic E-state index is 13.2. The first kappa shape index (κ1) is 22.9. The van der Waals surface area contributed by atoms with Gasteiger partial charge in [-0.25, -0.2) is 5.01 Å². The summed E-state index contributed by atoms with van der Waals surface area (Å²) in [5, 5.41) is 19.1. The van der Waals surface area contributed by atoms with Crippen LogP contribution in [0.3, 0.4) is 0 Å². The van der Waals surface area contributed by atoms with E-state index in [0.717, 1.165) is 24.2 Å². The molecule has 0 bridgehead atoms. The number of nitrogens with one attached hydrogen (secondary N) is 1. The van der Waals surface area contributed by atoms with Gasteiger partial charge in [0.25, 0.3) is 5.91 Å². The largest absolute Gasteiger partial charge is 0.497 e. The lowest BCUT2D eigenvalue weighted by atomic mass is 9.91.